The Morgan fingerprint density at radius 1 is 0.926 bits per heavy atom. The number of ether oxygens (including phenoxy) is 4. The Morgan fingerprint density at radius 2 is 1.41 bits per heavy atom. The number of hydrogen-bond acceptors (Lipinski definition) is 8. The first-order chi connectivity index (χ1) is 12.7. The average Bonchev–Trinajstić information content (AvgIpc) is 2.60. The summed E-state index contributed by atoms with van der Waals surface area (Å²) in [5, 5.41) is 17.2. The summed E-state index contributed by atoms with van der Waals surface area (Å²) in [5.41, 5.74) is 0. The fourth-order valence-corrected chi connectivity index (χ4v) is 2.71. The van der Waals surface area contributed by atoms with Crippen LogP contribution in [0.3, 0.4) is 0 Å². The molecule has 2 N–H and O–H groups in total. The van der Waals surface area contributed by atoms with E-state index in [2.05, 4.69) is 0 Å². The molecular formula is C17H22O10. The van der Waals surface area contributed by atoms with Crippen molar-refractivity contribution in [2.75, 3.05) is 7.11 Å². The third kappa shape index (κ3) is 6.83. The van der Waals surface area contributed by atoms with Crippen LogP contribution in [-0.4, -0.2) is 65.8 Å². The van der Waals surface area contributed by atoms with Crippen molar-refractivity contribution < 1.29 is 48.3 Å². The van der Waals surface area contributed by atoms with E-state index in [0.29, 0.717) is 24.6 Å². The predicted molar refractivity (Wildman–Crippen MR) is 88.4 cm³/mol. The monoisotopic (exact) mass is 386 g/mol. The highest BCUT2D eigenvalue weighted by Gasteiger charge is 2.48. The first-order valence-corrected chi connectivity index (χ1v) is 8.11. The van der Waals surface area contributed by atoms with Gasteiger partial charge in [0.2, 0.25) is 0 Å². The second-order valence-corrected chi connectivity index (χ2v) is 5.66. The summed E-state index contributed by atoms with van der Waals surface area (Å²) in [6.07, 6.45) is -0.479. The fourth-order valence-electron chi connectivity index (χ4n) is 2.71. The van der Waals surface area contributed by atoms with E-state index in [9.17, 15) is 19.2 Å². The van der Waals surface area contributed by atoms with Crippen molar-refractivity contribution in [2.24, 2.45) is 5.92 Å². The topological polar surface area (TPSA) is 146 Å². The highest BCUT2D eigenvalue weighted by Crippen LogP contribution is 2.33. The molecule has 0 aromatic heterocycles. The summed E-state index contributed by atoms with van der Waals surface area (Å²) < 4.78 is 21.3. The first-order valence-electron chi connectivity index (χ1n) is 8.11. The molecule has 0 bridgehead atoms. The summed E-state index contributed by atoms with van der Waals surface area (Å²) in [6, 6.07) is 0. The van der Waals surface area contributed by atoms with Gasteiger partial charge < -0.3 is 29.2 Å². The van der Waals surface area contributed by atoms with E-state index in [4.69, 9.17) is 29.2 Å². The Kier molecular flexibility index (Phi) is 8.63. The zero-order chi connectivity index (χ0) is 20.6. The van der Waals surface area contributed by atoms with Crippen molar-refractivity contribution in [3.05, 3.63) is 24.3 Å². The number of carbonyl (C=O) groups is 4. The molecule has 27 heavy (non-hydrogen) atoms. The van der Waals surface area contributed by atoms with Crippen LogP contribution >= 0.6 is 0 Å². The fraction of sp³-hybridized carbons (Fsp3) is 0.529. The van der Waals surface area contributed by atoms with E-state index in [1.54, 1.807) is 6.92 Å². The molecule has 0 saturated carbocycles. The van der Waals surface area contributed by atoms with Gasteiger partial charge in [0.25, 0.3) is 0 Å². The van der Waals surface area contributed by atoms with Gasteiger partial charge in [0.05, 0.1) is 6.10 Å². The number of carboxylic acid groups (broad SMARTS) is 2. The predicted octanol–water partition coefficient (Wildman–Crippen LogP) is 0.509. The number of aliphatic carboxylic acids is 2. The number of rotatable bonds is 8. The van der Waals surface area contributed by atoms with Gasteiger partial charge in [-0.3, -0.25) is 0 Å². The molecule has 1 saturated heterocycles. The van der Waals surface area contributed by atoms with Gasteiger partial charge >= 0.3 is 23.9 Å². The average molecular weight is 386 g/mol. The normalized spacial score (nSPS) is 28.2. The standard InChI is InChI=1S/C17H22O10/c1-4-10-9(2)25-17(24-3)16(27-14(23)8-6-12(20)21)15(10)26-13(22)7-5-11(18)19/h5-10,15-17H,4H2,1-3H3,(H,18,19)(H,20,21). The molecule has 0 aromatic rings. The van der Waals surface area contributed by atoms with Gasteiger partial charge in [0, 0.05) is 37.3 Å². The minimum absolute atomic E-state index is 0.375. The first kappa shape index (κ1) is 22.3. The van der Waals surface area contributed by atoms with Gasteiger partial charge in [0.1, 0.15) is 6.10 Å². The minimum Gasteiger partial charge on any atom is -0.478 e. The molecule has 10 heteroatoms. The second kappa shape index (κ2) is 10.4. The van der Waals surface area contributed by atoms with Gasteiger partial charge in [-0.15, -0.1) is 0 Å². The van der Waals surface area contributed by atoms with E-state index >= 15 is 0 Å². The molecule has 1 aliphatic rings. The maximum absolute atomic E-state index is 11.9. The van der Waals surface area contributed by atoms with Crippen molar-refractivity contribution in [1.29, 1.82) is 0 Å². The summed E-state index contributed by atoms with van der Waals surface area (Å²) in [6.45, 7) is 3.55. The molecule has 10 nitrogen and oxygen atoms in total. The molecule has 1 aliphatic heterocycles. The largest absolute Gasteiger partial charge is 0.478 e. The van der Waals surface area contributed by atoms with Crippen LogP contribution in [0.1, 0.15) is 20.3 Å². The molecular weight excluding hydrogens is 364 g/mol. The maximum Gasteiger partial charge on any atom is 0.331 e. The quantitative estimate of drug-likeness (QED) is 0.447. The van der Waals surface area contributed by atoms with Gasteiger partial charge in [-0.05, 0) is 13.3 Å². The third-order valence-corrected chi connectivity index (χ3v) is 3.90. The lowest BCUT2D eigenvalue weighted by molar-refractivity contribution is -0.281. The number of carbonyl (C=O) groups excluding carboxylic acids is 2. The summed E-state index contributed by atoms with van der Waals surface area (Å²) in [4.78, 5) is 44.9. The van der Waals surface area contributed by atoms with Crippen LogP contribution < -0.4 is 0 Å². The lowest BCUT2D eigenvalue weighted by Gasteiger charge is -2.43. The molecule has 1 heterocycles. The van der Waals surface area contributed by atoms with Crippen LogP contribution in [0.2, 0.25) is 0 Å². The molecule has 0 amide bonds. The van der Waals surface area contributed by atoms with Gasteiger partial charge in [-0.25, -0.2) is 19.2 Å². The van der Waals surface area contributed by atoms with E-state index in [-0.39, 0.29) is 5.92 Å². The van der Waals surface area contributed by atoms with Crippen LogP contribution in [0.5, 0.6) is 0 Å². The number of methoxy groups -OCH3 is 1. The van der Waals surface area contributed by atoms with Gasteiger partial charge in [-0.2, -0.15) is 0 Å². The SMILES string of the molecule is CCC1C(C)OC(OC)C(OC(=O)C=CC(=O)O)C1OC(=O)C=CC(=O)O. The maximum atomic E-state index is 11.9. The Morgan fingerprint density at radius 3 is 1.81 bits per heavy atom. The molecule has 5 atom stereocenters. The zero-order valence-electron chi connectivity index (χ0n) is 15.1. The van der Waals surface area contributed by atoms with Crippen molar-refractivity contribution in [3.8, 4) is 0 Å². The van der Waals surface area contributed by atoms with Crippen LogP contribution in [0.25, 0.3) is 0 Å². The van der Waals surface area contributed by atoms with Crippen LogP contribution in [0.4, 0.5) is 0 Å². The summed E-state index contributed by atoms with van der Waals surface area (Å²) in [5.74, 6) is -4.96. The van der Waals surface area contributed by atoms with Gasteiger partial charge in [0.15, 0.2) is 12.4 Å². The Balaban J connectivity index is 3.08. The summed E-state index contributed by atoms with van der Waals surface area (Å²) >= 11 is 0. The Labute approximate surface area is 155 Å². The van der Waals surface area contributed by atoms with E-state index in [1.165, 1.54) is 7.11 Å². The van der Waals surface area contributed by atoms with Crippen LogP contribution in [0.15, 0.2) is 24.3 Å². The van der Waals surface area contributed by atoms with E-state index in [0.717, 1.165) is 6.08 Å². The molecule has 150 valence electrons. The van der Waals surface area contributed by atoms with E-state index in [1.807, 2.05) is 6.92 Å². The van der Waals surface area contributed by atoms with Crippen LogP contribution in [0, 0.1) is 5.92 Å². The van der Waals surface area contributed by atoms with Crippen LogP contribution in [-0.2, 0) is 38.1 Å². The third-order valence-electron chi connectivity index (χ3n) is 3.90. The smallest absolute Gasteiger partial charge is 0.331 e. The zero-order valence-corrected chi connectivity index (χ0v) is 15.1. The van der Waals surface area contributed by atoms with Crippen molar-refractivity contribution in [3.63, 3.8) is 0 Å². The highest BCUT2D eigenvalue weighted by atomic mass is 16.7. The highest BCUT2D eigenvalue weighted by molar-refractivity contribution is 5.91. The number of carboxylic acids is 2. The number of hydrogen-bond donors (Lipinski definition) is 2. The van der Waals surface area contributed by atoms with Crippen molar-refractivity contribution >= 4 is 23.9 Å². The lowest BCUT2D eigenvalue weighted by atomic mass is 9.87. The molecule has 0 aliphatic carbocycles. The lowest BCUT2D eigenvalue weighted by Crippen LogP contribution is -2.57. The molecule has 1 rings (SSSR count). The second-order valence-electron chi connectivity index (χ2n) is 5.66. The molecule has 0 radical (unpaired) electrons. The summed E-state index contributed by atoms with van der Waals surface area (Å²) in [7, 11) is 1.31. The Hall–Kier alpha value is -2.72. The van der Waals surface area contributed by atoms with Gasteiger partial charge in [-0.1, -0.05) is 6.92 Å². The molecule has 1 fully saturated rings. The van der Waals surface area contributed by atoms with Crippen molar-refractivity contribution in [2.45, 2.75) is 44.9 Å². The molecule has 0 aromatic carbocycles. The molecule has 5 unspecified atom stereocenters. The minimum atomic E-state index is -1.34. The number of esters is 2. The van der Waals surface area contributed by atoms with E-state index < -0.39 is 48.5 Å². The Bertz CT molecular complexity index is 623. The van der Waals surface area contributed by atoms with Crippen molar-refractivity contribution in [1.82, 2.24) is 0 Å². The molecule has 0 spiro atoms.